The zero-order chi connectivity index (χ0) is 9.10. The van der Waals surface area contributed by atoms with Gasteiger partial charge in [-0.15, -0.1) is 0 Å². The van der Waals surface area contributed by atoms with Crippen molar-refractivity contribution in [3.8, 4) is 5.75 Å². The van der Waals surface area contributed by atoms with Crippen LogP contribution in [0.15, 0.2) is 24.3 Å². The Hall–Kier alpha value is -1.02. The molecule has 0 spiro atoms. The van der Waals surface area contributed by atoms with Gasteiger partial charge in [-0.05, 0) is 37.6 Å². The second kappa shape index (κ2) is 3.79. The van der Waals surface area contributed by atoms with Gasteiger partial charge in [-0.25, -0.2) is 0 Å². The summed E-state index contributed by atoms with van der Waals surface area (Å²) in [6.07, 6.45) is 1.26. The number of nitrogens with one attached hydrogen (secondary N) is 1. The fourth-order valence-corrected chi connectivity index (χ4v) is 1.54. The first-order valence-electron chi connectivity index (χ1n) is 4.86. The summed E-state index contributed by atoms with van der Waals surface area (Å²) in [6, 6.07) is 8.94. The molecule has 70 valence electrons. The van der Waals surface area contributed by atoms with Gasteiger partial charge in [-0.1, -0.05) is 12.1 Å². The quantitative estimate of drug-likeness (QED) is 0.763. The van der Waals surface area contributed by atoms with Gasteiger partial charge in [-0.3, -0.25) is 0 Å². The lowest BCUT2D eigenvalue weighted by Gasteiger charge is -2.28. The number of benzene rings is 1. The predicted octanol–water partition coefficient (Wildman–Crippen LogP) is 2.12. The van der Waals surface area contributed by atoms with Crippen LogP contribution in [0.4, 0.5) is 0 Å². The second-order valence-corrected chi connectivity index (χ2v) is 3.30. The van der Waals surface area contributed by atoms with Gasteiger partial charge in [-0.2, -0.15) is 0 Å². The predicted molar refractivity (Wildman–Crippen MR) is 53.0 cm³/mol. The van der Waals surface area contributed by atoms with Gasteiger partial charge in [0.05, 0.1) is 6.61 Å². The van der Waals surface area contributed by atoms with Crippen molar-refractivity contribution >= 4 is 0 Å². The summed E-state index contributed by atoms with van der Waals surface area (Å²) >= 11 is 0. The van der Waals surface area contributed by atoms with Crippen molar-refractivity contribution < 1.29 is 4.74 Å². The molecule has 0 bridgehead atoms. The fraction of sp³-hybridized carbons (Fsp3) is 0.455. The minimum atomic E-state index is 0.579. The Morgan fingerprint density at radius 1 is 1.38 bits per heavy atom. The van der Waals surface area contributed by atoms with Crippen molar-refractivity contribution in [3.63, 3.8) is 0 Å². The maximum Gasteiger partial charge on any atom is 0.119 e. The van der Waals surface area contributed by atoms with E-state index in [-0.39, 0.29) is 0 Å². The van der Waals surface area contributed by atoms with Gasteiger partial charge in [0, 0.05) is 6.04 Å². The van der Waals surface area contributed by atoms with Crippen molar-refractivity contribution in [2.24, 2.45) is 0 Å². The molecule has 0 aromatic heterocycles. The summed E-state index contributed by atoms with van der Waals surface area (Å²) in [4.78, 5) is 0. The molecule has 0 amide bonds. The van der Waals surface area contributed by atoms with Crippen LogP contribution in [0.25, 0.3) is 0 Å². The van der Waals surface area contributed by atoms with Crippen LogP contribution in [-0.4, -0.2) is 13.2 Å². The van der Waals surface area contributed by atoms with Gasteiger partial charge >= 0.3 is 0 Å². The van der Waals surface area contributed by atoms with E-state index in [1.807, 2.05) is 19.1 Å². The van der Waals surface area contributed by atoms with Crippen molar-refractivity contribution in [2.75, 3.05) is 13.2 Å². The SMILES string of the molecule is CCOc1ccc([C@H]2CCN2)cc1. The van der Waals surface area contributed by atoms with E-state index in [0.29, 0.717) is 6.04 Å². The van der Waals surface area contributed by atoms with E-state index in [1.165, 1.54) is 12.0 Å². The smallest absolute Gasteiger partial charge is 0.119 e. The van der Waals surface area contributed by atoms with Crippen LogP contribution in [0, 0.1) is 0 Å². The number of hydrogen-bond donors (Lipinski definition) is 1. The molecular formula is C11H15NO. The van der Waals surface area contributed by atoms with Crippen LogP contribution in [0.5, 0.6) is 5.75 Å². The van der Waals surface area contributed by atoms with E-state index in [2.05, 4.69) is 17.4 Å². The van der Waals surface area contributed by atoms with E-state index in [9.17, 15) is 0 Å². The Morgan fingerprint density at radius 3 is 2.54 bits per heavy atom. The zero-order valence-corrected chi connectivity index (χ0v) is 7.92. The van der Waals surface area contributed by atoms with E-state index in [0.717, 1.165) is 18.9 Å². The molecule has 1 saturated heterocycles. The normalized spacial score (nSPS) is 20.8. The molecule has 13 heavy (non-hydrogen) atoms. The zero-order valence-electron chi connectivity index (χ0n) is 7.92. The van der Waals surface area contributed by atoms with E-state index >= 15 is 0 Å². The lowest BCUT2D eigenvalue weighted by Crippen LogP contribution is -2.34. The Balaban J connectivity index is 2.04. The van der Waals surface area contributed by atoms with Crippen LogP contribution in [0.1, 0.15) is 24.9 Å². The van der Waals surface area contributed by atoms with Gasteiger partial charge in [0.1, 0.15) is 5.75 Å². The molecule has 1 aromatic carbocycles. The molecule has 1 fully saturated rings. The molecule has 0 aliphatic carbocycles. The van der Waals surface area contributed by atoms with Gasteiger partial charge in [0.15, 0.2) is 0 Å². The summed E-state index contributed by atoms with van der Waals surface area (Å²) in [7, 11) is 0. The summed E-state index contributed by atoms with van der Waals surface area (Å²) in [5.74, 6) is 0.963. The first-order chi connectivity index (χ1) is 6.40. The molecule has 0 unspecified atom stereocenters. The first-order valence-corrected chi connectivity index (χ1v) is 4.86. The Labute approximate surface area is 78.9 Å². The standard InChI is InChI=1S/C11H15NO/c1-2-13-10-5-3-9(4-6-10)11-7-8-12-11/h3-6,11-12H,2,7-8H2,1H3/t11-/m1/s1. The molecule has 1 aliphatic rings. The molecule has 2 heteroatoms. The molecule has 1 heterocycles. The molecule has 1 aromatic rings. The average molecular weight is 177 g/mol. The van der Waals surface area contributed by atoms with Crippen LogP contribution < -0.4 is 10.1 Å². The van der Waals surface area contributed by atoms with Crippen molar-refractivity contribution in [3.05, 3.63) is 29.8 Å². The lowest BCUT2D eigenvalue weighted by atomic mass is 9.98. The molecule has 0 radical (unpaired) electrons. The highest BCUT2D eigenvalue weighted by Crippen LogP contribution is 2.24. The average Bonchev–Trinajstić information content (AvgIpc) is 2.06. The molecule has 1 N–H and O–H groups in total. The number of rotatable bonds is 3. The summed E-state index contributed by atoms with van der Waals surface area (Å²) in [6.45, 7) is 3.89. The maximum atomic E-state index is 5.37. The third kappa shape index (κ3) is 1.83. The minimum Gasteiger partial charge on any atom is -0.494 e. The fourth-order valence-electron chi connectivity index (χ4n) is 1.54. The van der Waals surface area contributed by atoms with Gasteiger partial charge < -0.3 is 10.1 Å². The van der Waals surface area contributed by atoms with Gasteiger partial charge in [0.25, 0.3) is 0 Å². The summed E-state index contributed by atoms with van der Waals surface area (Å²) < 4.78 is 5.37. The van der Waals surface area contributed by atoms with E-state index in [4.69, 9.17) is 4.74 Å². The van der Waals surface area contributed by atoms with Crippen molar-refractivity contribution in [2.45, 2.75) is 19.4 Å². The van der Waals surface area contributed by atoms with Crippen LogP contribution >= 0.6 is 0 Å². The third-order valence-electron chi connectivity index (χ3n) is 2.42. The summed E-state index contributed by atoms with van der Waals surface area (Å²) in [5.41, 5.74) is 1.37. The maximum absolute atomic E-state index is 5.37. The molecular weight excluding hydrogens is 162 g/mol. The largest absolute Gasteiger partial charge is 0.494 e. The van der Waals surface area contributed by atoms with Crippen molar-refractivity contribution in [1.29, 1.82) is 0 Å². The monoisotopic (exact) mass is 177 g/mol. The first kappa shape index (κ1) is 8.57. The van der Waals surface area contributed by atoms with E-state index in [1.54, 1.807) is 0 Å². The number of hydrogen-bond acceptors (Lipinski definition) is 2. The summed E-state index contributed by atoms with van der Waals surface area (Å²) in [5, 5.41) is 3.37. The highest BCUT2D eigenvalue weighted by molar-refractivity contribution is 5.29. The topological polar surface area (TPSA) is 21.3 Å². The van der Waals surface area contributed by atoms with Crippen LogP contribution in [-0.2, 0) is 0 Å². The molecule has 0 saturated carbocycles. The highest BCUT2D eigenvalue weighted by Gasteiger charge is 2.17. The third-order valence-corrected chi connectivity index (χ3v) is 2.42. The highest BCUT2D eigenvalue weighted by atomic mass is 16.5. The second-order valence-electron chi connectivity index (χ2n) is 3.30. The van der Waals surface area contributed by atoms with Crippen LogP contribution in [0.2, 0.25) is 0 Å². The molecule has 2 nitrogen and oxygen atoms in total. The van der Waals surface area contributed by atoms with Gasteiger partial charge in [0.2, 0.25) is 0 Å². The Kier molecular flexibility index (Phi) is 2.50. The Bertz CT molecular complexity index is 264. The van der Waals surface area contributed by atoms with Crippen LogP contribution in [0.3, 0.4) is 0 Å². The molecule has 1 atom stereocenters. The van der Waals surface area contributed by atoms with E-state index < -0.39 is 0 Å². The number of ether oxygens (including phenoxy) is 1. The minimum absolute atomic E-state index is 0.579. The lowest BCUT2D eigenvalue weighted by molar-refractivity contribution is 0.339. The Morgan fingerprint density at radius 2 is 2.08 bits per heavy atom. The molecule has 2 rings (SSSR count). The van der Waals surface area contributed by atoms with Crippen molar-refractivity contribution in [1.82, 2.24) is 5.32 Å². The molecule has 1 aliphatic heterocycles.